The van der Waals surface area contributed by atoms with Gasteiger partial charge >= 0.3 is 12.1 Å². The number of hydrogen-bond donors (Lipinski definition) is 2. The SMILES string of the molecule is CCOC(=O)[C@@H](NC(=O)OCc1ccccc1)c1c[nH]c2ccccc12. The molecule has 0 unspecified atom stereocenters. The number of nitrogens with one attached hydrogen (secondary N) is 2. The first kappa shape index (κ1) is 17.5. The van der Waals surface area contributed by atoms with Gasteiger partial charge in [0.1, 0.15) is 6.61 Å². The van der Waals surface area contributed by atoms with Gasteiger partial charge in [0, 0.05) is 22.7 Å². The summed E-state index contributed by atoms with van der Waals surface area (Å²) in [6.45, 7) is 2.06. The number of aromatic nitrogens is 1. The predicted molar refractivity (Wildman–Crippen MR) is 97.4 cm³/mol. The number of rotatable bonds is 6. The van der Waals surface area contributed by atoms with Crippen molar-refractivity contribution in [2.75, 3.05) is 6.61 Å². The first-order chi connectivity index (χ1) is 12.7. The molecule has 3 aromatic rings. The van der Waals surface area contributed by atoms with Crippen LogP contribution in [0.2, 0.25) is 0 Å². The highest BCUT2D eigenvalue weighted by molar-refractivity contribution is 5.91. The lowest BCUT2D eigenvalue weighted by Crippen LogP contribution is -2.35. The number of H-pyrrole nitrogens is 1. The molecule has 6 heteroatoms. The molecule has 0 aliphatic rings. The maximum Gasteiger partial charge on any atom is 0.408 e. The van der Waals surface area contributed by atoms with E-state index in [0.717, 1.165) is 16.5 Å². The van der Waals surface area contributed by atoms with E-state index in [1.807, 2.05) is 54.6 Å². The summed E-state index contributed by atoms with van der Waals surface area (Å²) in [5, 5.41) is 3.45. The summed E-state index contributed by atoms with van der Waals surface area (Å²) >= 11 is 0. The summed E-state index contributed by atoms with van der Waals surface area (Å²) in [5.41, 5.74) is 2.37. The zero-order valence-corrected chi connectivity index (χ0v) is 14.4. The van der Waals surface area contributed by atoms with Crippen LogP contribution in [0.5, 0.6) is 0 Å². The molecular formula is C20H20N2O4. The number of para-hydroxylation sites is 1. The van der Waals surface area contributed by atoms with Crippen LogP contribution >= 0.6 is 0 Å². The van der Waals surface area contributed by atoms with E-state index in [9.17, 15) is 9.59 Å². The zero-order chi connectivity index (χ0) is 18.4. The minimum atomic E-state index is -0.950. The van der Waals surface area contributed by atoms with E-state index in [2.05, 4.69) is 10.3 Å². The van der Waals surface area contributed by atoms with Crippen molar-refractivity contribution in [1.82, 2.24) is 10.3 Å². The van der Waals surface area contributed by atoms with Crippen LogP contribution in [0.3, 0.4) is 0 Å². The molecule has 6 nitrogen and oxygen atoms in total. The molecule has 0 bridgehead atoms. The van der Waals surface area contributed by atoms with E-state index in [4.69, 9.17) is 9.47 Å². The third-order valence-electron chi connectivity index (χ3n) is 3.93. The second kappa shape index (κ2) is 8.20. The molecule has 0 aliphatic heterocycles. The number of carbonyl (C=O) groups is 2. The Hall–Kier alpha value is -3.28. The Kier molecular flexibility index (Phi) is 5.53. The fourth-order valence-corrected chi connectivity index (χ4v) is 2.70. The highest BCUT2D eigenvalue weighted by Gasteiger charge is 2.27. The van der Waals surface area contributed by atoms with Gasteiger partial charge in [-0.05, 0) is 18.6 Å². The fraction of sp³-hybridized carbons (Fsp3) is 0.200. The highest BCUT2D eigenvalue weighted by Crippen LogP contribution is 2.25. The van der Waals surface area contributed by atoms with Gasteiger partial charge in [-0.2, -0.15) is 0 Å². The molecule has 1 aromatic heterocycles. The number of hydrogen-bond acceptors (Lipinski definition) is 4. The number of esters is 1. The molecule has 26 heavy (non-hydrogen) atoms. The van der Waals surface area contributed by atoms with E-state index in [1.165, 1.54) is 0 Å². The van der Waals surface area contributed by atoms with E-state index in [1.54, 1.807) is 13.1 Å². The summed E-state index contributed by atoms with van der Waals surface area (Å²) in [5.74, 6) is -0.533. The van der Waals surface area contributed by atoms with E-state index >= 15 is 0 Å². The number of benzene rings is 2. The highest BCUT2D eigenvalue weighted by atomic mass is 16.6. The van der Waals surface area contributed by atoms with Gasteiger partial charge in [-0.25, -0.2) is 9.59 Å². The molecule has 0 radical (unpaired) electrons. The van der Waals surface area contributed by atoms with Gasteiger partial charge in [0.25, 0.3) is 0 Å². The van der Waals surface area contributed by atoms with Crippen molar-refractivity contribution < 1.29 is 19.1 Å². The van der Waals surface area contributed by atoms with Gasteiger partial charge in [-0.1, -0.05) is 48.5 Å². The number of alkyl carbamates (subject to hydrolysis) is 1. The van der Waals surface area contributed by atoms with Gasteiger partial charge in [-0.15, -0.1) is 0 Å². The lowest BCUT2D eigenvalue weighted by atomic mass is 10.1. The molecule has 1 amide bonds. The van der Waals surface area contributed by atoms with E-state index < -0.39 is 18.1 Å². The van der Waals surface area contributed by atoms with Crippen molar-refractivity contribution >= 4 is 23.0 Å². The number of carbonyl (C=O) groups excluding carboxylic acids is 2. The molecule has 2 aromatic carbocycles. The Morgan fingerprint density at radius 2 is 1.77 bits per heavy atom. The van der Waals surface area contributed by atoms with Crippen LogP contribution in [0.4, 0.5) is 4.79 Å². The average molecular weight is 352 g/mol. The van der Waals surface area contributed by atoms with Gasteiger partial charge in [0.05, 0.1) is 6.61 Å². The standard InChI is InChI=1S/C20H20N2O4/c1-2-25-19(23)18(16-12-21-17-11-7-6-10-15(16)17)22-20(24)26-13-14-8-4-3-5-9-14/h3-12,18,21H,2,13H2,1H3,(H,22,24)/t18-/m0/s1. The van der Waals surface area contributed by atoms with Crippen LogP contribution in [0, 0.1) is 0 Å². The molecule has 1 atom stereocenters. The molecule has 134 valence electrons. The van der Waals surface area contributed by atoms with Crippen LogP contribution < -0.4 is 5.32 Å². The quantitative estimate of drug-likeness (QED) is 0.663. The number of amides is 1. The van der Waals surface area contributed by atoms with Gasteiger partial charge in [0.15, 0.2) is 6.04 Å². The Morgan fingerprint density at radius 1 is 1.04 bits per heavy atom. The Bertz CT molecular complexity index is 889. The topological polar surface area (TPSA) is 80.4 Å². The number of aromatic amines is 1. The summed E-state index contributed by atoms with van der Waals surface area (Å²) < 4.78 is 10.3. The van der Waals surface area contributed by atoms with Crippen LogP contribution in [-0.4, -0.2) is 23.7 Å². The first-order valence-corrected chi connectivity index (χ1v) is 8.39. The van der Waals surface area contributed by atoms with E-state index in [-0.39, 0.29) is 13.2 Å². The molecule has 0 spiro atoms. The third kappa shape index (κ3) is 4.03. The number of fused-ring (bicyclic) bond motifs is 1. The Labute approximate surface area is 151 Å². The minimum absolute atomic E-state index is 0.121. The average Bonchev–Trinajstić information content (AvgIpc) is 3.09. The lowest BCUT2D eigenvalue weighted by molar-refractivity contribution is -0.145. The zero-order valence-electron chi connectivity index (χ0n) is 14.4. The lowest BCUT2D eigenvalue weighted by Gasteiger charge is -2.17. The van der Waals surface area contributed by atoms with Crippen LogP contribution in [-0.2, 0) is 20.9 Å². The van der Waals surface area contributed by atoms with Gasteiger partial charge < -0.3 is 19.8 Å². The summed E-state index contributed by atoms with van der Waals surface area (Å²) in [6.07, 6.45) is 1.01. The molecule has 0 saturated carbocycles. The summed E-state index contributed by atoms with van der Waals surface area (Å²) in [4.78, 5) is 27.7. The number of ether oxygens (including phenoxy) is 2. The van der Waals surface area contributed by atoms with Gasteiger partial charge in [0.2, 0.25) is 0 Å². The minimum Gasteiger partial charge on any atom is -0.464 e. The van der Waals surface area contributed by atoms with Crippen molar-refractivity contribution in [3.8, 4) is 0 Å². The molecule has 2 N–H and O–H groups in total. The van der Waals surface area contributed by atoms with Crippen molar-refractivity contribution in [2.24, 2.45) is 0 Å². The maximum atomic E-state index is 12.4. The predicted octanol–water partition coefficient (Wildman–Crippen LogP) is 3.70. The monoisotopic (exact) mass is 352 g/mol. The second-order valence-electron chi connectivity index (χ2n) is 5.68. The second-order valence-corrected chi connectivity index (χ2v) is 5.68. The fourth-order valence-electron chi connectivity index (χ4n) is 2.70. The van der Waals surface area contributed by atoms with Crippen molar-refractivity contribution in [2.45, 2.75) is 19.6 Å². The Balaban J connectivity index is 1.76. The van der Waals surface area contributed by atoms with Crippen molar-refractivity contribution in [3.05, 3.63) is 71.9 Å². The molecule has 0 aliphatic carbocycles. The molecular weight excluding hydrogens is 332 g/mol. The smallest absolute Gasteiger partial charge is 0.408 e. The largest absolute Gasteiger partial charge is 0.464 e. The molecule has 3 rings (SSSR count). The van der Waals surface area contributed by atoms with Crippen LogP contribution in [0.15, 0.2) is 60.8 Å². The van der Waals surface area contributed by atoms with Crippen LogP contribution in [0.1, 0.15) is 24.1 Å². The normalized spacial score (nSPS) is 11.7. The molecule has 0 fully saturated rings. The van der Waals surface area contributed by atoms with Crippen molar-refractivity contribution in [1.29, 1.82) is 0 Å². The maximum absolute atomic E-state index is 12.4. The molecule has 1 heterocycles. The van der Waals surface area contributed by atoms with E-state index in [0.29, 0.717) is 5.56 Å². The summed E-state index contributed by atoms with van der Waals surface area (Å²) in [6, 6.07) is 15.9. The van der Waals surface area contributed by atoms with Crippen molar-refractivity contribution in [3.63, 3.8) is 0 Å². The van der Waals surface area contributed by atoms with Crippen LogP contribution in [0.25, 0.3) is 10.9 Å². The Morgan fingerprint density at radius 3 is 2.54 bits per heavy atom. The van der Waals surface area contributed by atoms with Gasteiger partial charge in [-0.3, -0.25) is 0 Å². The first-order valence-electron chi connectivity index (χ1n) is 8.39. The summed E-state index contributed by atoms with van der Waals surface area (Å²) in [7, 11) is 0. The molecule has 0 saturated heterocycles. The third-order valence-corrected chi connectivity index (χ3v) is 3.93.